The van der Waals surface area contributed by atoms with Gasteiger partial charge in [0, 0.05) is 19.1 Å². The highest BCUT2D eigenvalue weighted by molar-refractivity contribution is 5.46. The van der Waals surface area contributed by atoms with Gasteiger partial charge in [0.05, 0.1) is 18.4 Å². The van der Waals surface area contributed by atoms with Gasteiger partial charge in [0.1, 0.15) is 24.1 Å². The largest absolute Gasteiger partial charge is 0.379 e. The molecule has 0 aromatic carbocycles. The third kappa shape index (κ3) is 4.42. The fourth-order valence-corrected chi connectivity index (χ4v) is 3.62. The van der Waals surface area contributed by atoms with Crippen molar-refractivity contribution in [3.8, 4) is 0 Å². The molecular formula is C20H31N3O4. The Kier molecular flexibility index (Phi) is 7.04. The second-order valence-electron chi connectivity index (χ2n) is 7.24. The molecule has 0 unspecified atom stereocenters. The minimum Gasteiger partial charge on any atom is -0.379 e. The number of hydrogen-bond acceptors (Lipinski definition) is 5. The van der Waals surface area contributed by atoms with E-state index in [1.165, 1.54) is 6.33 Å². The van der Waals surface area contributed by atoms with Crippen LogP contribution in [-0.4, -0.2) is 46.6 Å². The van der Waals surface area contributed by atoms with Gasteiger partial charge in [-0.15, -0.1) is 0 Å². The molecule has 0 radical (unpaired) electrons. The van der Waals surface area contributed by atoms with E-state index < -0.39 is 0 Å². The predicted molar refractivity (Wildman–Crippen MR) is 103 cm³/mol. The van der Waals surface area contributed by atoms with Gasteiger partial charge in [-0.05, 0) is 25.0 Å². The molecule has 0 bridgehead atoms. The van der Waals surface area contributed by atoms with Crippen LogP contribution in [0.5, 0.6) is 0 Å². The van der Waals surface area contributed by atoms with Crippen LogP contribution in [0.4, 0.5) is 0 Å². The van der Waals surface area contributed by atoms with E-state index in [1.807, 2.05) is 6.07 Å². The summed E-state index contributed by atoms with van der Waals surface area (Å²) in [6, 6.07) is 3.71. The molecular weight excluding hydrogens is 346 g/mol. The molecule has 0 aliphatic carbocycles. The van der Waals surface area contributed by atoms with Crippen LogP contribution >= 0.6 is 0 Å². The average Bonchev–Trinajstić information content (AvgIpc) is 3.22. The average molecular weight is 377 g/mol. The highest BCUT2D eigenvalue weighted by Gasteiger charge is 2.44. The molecule has 0 amide bonds. The molecule has 7 nitrogen and oxygen atoms in total. The van der Waals surface area contributed by atoms with E-state index in [4.69, 9.17) is 14.2 Å². The predicted octanol–water partition coefficient (Wildman–Crippen LogP) is 3.10. The lowest BCUT2D eigenvalue weighted by atomic mass is 9.96. The number of hydrogen-bond donors (Lipinski definition) is 1. The van der Waals surface area contributed by atoms with E-state index in [2.05, 4.69) is 30.9 Å². The molecule has 0 saturated carbocycles. The zero-order valence-corrected chi connectivity index (χ0v) is 16.5. The van der Waals surface area contributed by atoms with Crippen molar-refractivity contribution in [1.82, 2.24) is 14.6 Å². The second-order valence-corrected chi connectivity index (χ2v) is 7.24. The Bertz CT molecular complexity index is 772. The van der Waals surface area contributed by atoms with Gasteiger partial charge in [0.15, 0.2) is 0 Å². The molecule has 27 heavy (non-hydrogen) atoms. The van der Waals surface area contributed by atoms with Gasteiger partial charge < -0.3 is 19.2 Å². The summed E-state index contributed by atoms with van der Waals surface area (Å²) in [5.41, 5.74) is 1.25. The monoisotopic (exact) mass is 377 g/mol. The maximum atomic E-state index is 12.0. The van der Waals surface area contributed by atoms with Crippen LogP contribution in [0.15, 0.2) is 23.3 Å². The molecule has 150 valence electrons. The maximum absolute atomic E-state index is 12.0. The molecule has 1 fully saturated rings. The minimum atomic E-state index is -0.187. The molecule has 2 aromatic rings. The number of aromatic amines is 1. The molecule has 1 aliphatic rings. The summed E-state index contributed by atoms with van der Waals surface area (Å²) in [6.07, 6.45) is 5.36. The summed E-state index contributed by atoms with van der Waals surface area (Å²) in [6.45, 7) is 8.43. The zero-order chi connectivity index (χ0) is 19.2. The Morgan fingerprint density at radius 1 is 1.22 bits per heavy atom. The van der Waals surface area contributed by atoms with Crippen LogP contribution in [0.25, 0.3) is 5.52 Å². The first-order chi connectivity index (χ1) is 13.2. The first-order valence-electron chi connectivity index (χ1n) is 10.1. The van der Waals surface area contributed by atoms with Gasteiger partial charge in [-0.2, -0.15) is 5.10 Å². The van der Waals surface area contributed by atoms with Crippen LogP contribution in [0, 0.1) is 5.92 Å². The maximum Gasteiger partial charge on any atom is 0.275 e. The number of ether oxygens (including phenoxy) is 3. The van der Waals surface area contributed by atoms with Crippen LogP contribution in [0.1, 0.15) is 58.3 Å². The normalized spacial score (nSPS) is 25.4. The van der Waals surface area contributed by atoms with Crippen molar-refractivity contribution in [1.29, 1.82) is 0 Å². The van der Waals surface area contributed by atoms with Crippen LogP contribution in [0.3, 0.4) is 0 Å². The number of nitrogens with one attached hydrogen (secondary N) is 1. The number of nitrogens with zero attached hydrogens (tertiary/aromatic N) is 2. The molecule has 4 atom stereocenters. The molecule has 1 N–H and O–H groups in total. The lowest BCUT2D eigenvalue weighted by Crippen LogP contribution is -2.33. The first-order valence-corrected chi connectivity index (χ1v) is 10.1. The molecule has 3 rings (SSSR count). The summed E-state index contributed by atoms with van der Waals surface area (Å²) in [4.78, 5) is 14.6. The van der Waals surface area contributed by atoms with Crippen molar-refractivity contribution in [2.45, 2.75) is 64.8 Å². The SMILES string of the molecule is CCCCOC[C@H]1O[C@@H](c2ccc3c(=O)[nH]cnn23)[C@@H](C)[C@@H]1OCCCC. The highest BCUT2D eigenvalue weighted by atomic mass is 16.6. The van der Waals surface area contributed by atoms with Gasteiger partial charge in [-0.3, -0.25) is 4.79 Å². The van der Waals surface area contributed by atoms with E-state index in [0.29, 0.717) is 12.1 Å². The topological polar surface area (TPSA) is 77.9 Å². The Morgan fingerprint density at radius 3 is 2.78 bits per heavy atom. The standard InChI is InChI=1S/C20H31N3O4/c1-4-6-10-25-12-17-19(26-11-7-5-2)14(3)18(27-17)15-8-9-16-20(24)21-13-22-23(15)16/h8-9,13-14,17-19H,4-7,10-12H2,1-3H3,(H,21,22,24)/t14-,17-,18-,19+/m1/s1. The van der Waals surface area contributed by atoms with Gasteiger partial charge >= 0.3 is 0 Å². The Labute approximate surface area is 160 Å². The summed E-state index contributed by atoms with van der Waals surface area (Å²) in [5.74, 6) is 0.140. The van der Waals surface area contributed by atoms with E-state index in [0.717, 1.165) is 44.6 Å². The Balaban J connectivity index is 1.78. The lowest BCUT2D eigenvalue weighted by molar-refractivity contribution is -0.0666. The quantitative estimate of drug-likeness (QED) is 0.644. The smallest absolute Gasteiger partial charge is 0.275 e. The number of rotatable bonds is 10. The van der Waals surface area contributed by atoms with Gasteiger partial charge in [0.2, 0.25) is 0 Å². The van der Waals surface area contributed by atoms with E-state index in [9.17, 15) is 4.79 Å². The van der Waals surface area contributed by atoms with Crippen LogP contribution < -0.4 is 5.56 Å². The summed E-state index contributed by atoms with van der Waals surface area (Å²) < 4.78 is 20.1. The first kappa shape index (κ1) is 20.0. The van der Waals surface area contributed by atoms with Gasteiger partial charge in [0.25, 0.3) is 5.56 Å². The minimum absolute atomic E-state index is 0.0317. The molecule has 3 heterocycles. The lowest BCUT2D eigenvalue weighted by Gasteiger charge is -2.21. The van der Waals surface area contributed by atoms with Crippen molar-refractivity contribution in [3.05, 3.63) is 34.5 Å². The van der Waals surface area contributed by atoms with Gasteiger partial charge in [-0.1, -0.05) is 33.6 Å². The fourth-order valence-electron chi connectivity index (χ4n) is 3.62. The van der Waals surface area contributed by atoms with Crippen molar-refractivity contribution in [3.63, 3.8) is 0 Å². The second kappa shape index (κ2) is 9.48. The van der Waals surface area contributed by atoms with Crippen molar-refractivity contribution in [2.24, 2.45) is 5.92 Å². The molecule has 2 aromatic heterocycles. The Hall–Kier alpha value is -1.70. The molecule has 1 saturated heterocycles. The fraction of sp³-hybridized carbons (Fsp3) is 0.700. The highest BCUT2D eigenvalue weighted by Crippen LogP contribution is 2.40. The summed E-state index contributed by atoms with van der Waals surface area (Å²) in [5, 5.41) is 4.30. The van der Waals surface area contributed by atoms with Gasteiger partial charge in [-0.25, -0.2) is 4.52 Å². The Morgan fingerprint density at radius 2 is 2.00 bits per heavy atom. The number of aromatic nitrogens is 3. The van der Waals surface area contributed by atoms with Crippen molar-refractivity contribution >= 4 is 5.52 Å². The number of unbranched alkanes of at least 4 members (excludes halogenated alkanes) is 2. The van der Waals surface area contributed by atoms with E-state index in [1.54, 1.807) is 10.6 Å². The van der Waals surface area contributed by atoms with Crippen molar-refractivity contribution in [2.75, 3.05) is 19.8 Å². The zero-order valence-electron chi connectivity index (χ0n) is 16.5. The summed E-state index contributed by atoms with van der Waals surface area (Å²) >= 11 is 0. The number of H-pyrrole nitrogens is 1. The third-order valence-electron chi connectivity index (χ3n) is 5.19. The van der Waals surface area contributed by atoms with E-state index >= 15 is 0 Å². The number of fused-ring (bicyclic) bond motifs is 1. The van der Waals surface area contributed by atoms with E-state index in [-0.39, 0.29) is 29.8 Å². The molecule has 7 heteroatoms. The van der Waals surface area contributed by atoms with Crippen LogP contribution in [0.2, 0.25) is 0 Å². The molecule has 1 aliphatic heterocycles. The van der Waals surface area contributed by atoms with Crippen LogP contribution in [-0.2, 0) is 14.2 Å². The molecule has 0 spiro atoms. The summed E-state index contributed by atoms with van der Waals surface area (Å²) in [7, 11) is 0. The third-order valence-corrected chi connectivity index (χ3v) is 5.19. The van der Waals surface area contributed by atoms with Crippen molar-refractivity contribution < 1.29 is 14.2 Å².